The van der Waals surface area contributed by atoms with Gasteiger partial charge in [-0.3, -0.25) is 28.4 Å². The van der Waals surface area contributed by atoms with Gasteiger partial charge >= 0.3 is 87.4 Å². The van der Waals surface area contributed by atoms with E-state index in [0.29, 0.717) is 32.1 Å². The van der Waals surface area contributed by atoms with E-state index in [1.165, 1.54) is 284 Å². The third-order valence-corrected chi connectivity index (χ3v) is 16.3. The molecule has 0 aliphatic rings. The van der Waals surface area contributed by atoms with Gasteiger partial charge in [0.25, 0.3) is 0 Å². The van der Waals surface area contributed by atoms with Crippen LogP contribution < -0.4 is 80.5 Å². The molecule has 18 heteroatoms. The number of aliphatic carboxylic acids is 1. The second kappa shape index (κ2) is 109. The van der Waals surface area contributed by atoms with E-state index in [2.05, 4.69) is 23.3 Å². The molecule has 0 bridgehead atoms. The number of carbonyl (C=O) groups excluding carboxylic acids is 6. The van der Waals surface area contributed by atoms with Gasteiger partial charge in [-0.2, -0.15) is 19.3 Å². The van der Waals surface area contributed by atoms with Gasteiger partial charge in [0.1, 0.15) is 0 Å². The normalized spacial score (nSPS) is 10.6. The predicted molar refractivity (Wildman–Crippen MR) is 362 cm³/mol. The Hall–Kier alpha value is -0.390. The minimum Gasteiger partial charge on any atom is -0.870 e. The second-order valence-electron chi connectivity index (χ2n) is 24.6. The molecule has 2 atom stereocenters. The Balaban J connectivity index is -0.000000103. The fraction of sp³-hybridized carbons (Fsp3) is 0.919. The average molecular weight is 1280 g/mol. The summed E-state index contributed by atoms with van der Waals surface area (Å²) in [6.07, 6.45) is 76.6. The Labute approximate surface area is 616 Å². The molecule has 0 saturated heterocycles. The summed E-state index contributed by atoms with van der Waals surface area (Å²) >= 11 is 0. The first-order valence-corrected chi connectivity index (χ1v) is 36.3. The maximum Gasteiger partial charge on any atom is 1.00 e. The van der Waals surface area contributed by atoms with Gasteiger partial charge in [-0.1, -0.05) is 328 Å². The fourth-order valence-corrected chi connectivity index (χ4v) is 10.6. The third kappa shape index (κ3) is 120. The molecule has 92 heavy (non-hydrogen) atoms. The Bertz CT molecular complexity index is 1270. The largest absolute Gasteiger partial charge is 1.00 e. The Kier molecular flexibility index (Phi) is 137. The van der Waals surface area contributed by atoms with Crippen LogP contribution in [0.25, 0.3) is 0 Å². The van der Waals surface area contributed by atoms with Crippen LogP contribution in [-0.4, -0.2) is 89.8 Å². The molecule has 0 aliphatic heterocycles. The van der Waals surface area contributed by atoms with Crippen LogP contribution in [0.1, 0.15) is 412 Å². The van der Waals surface area contributed by atoms with Gasteiger partial charge < -0.3 is 60.4 Å². The van der Waals surface area contributed by atoms with Crippen molar-refractivity contribution < 1.29 is 145 Å². The zero-order valence-electron chi connectivity index (χ0n) is 61.9. The van der Waals surface area contributed by atoms with Crippen molar-refractivity contribution >= 4 is 36.8 Å². The van der Waals surface area contributed by atoms with E-state index in [-0.39, 0.29) is 122 Å². The van der Waals surface area contributed by atoms with Gasteiger partial charge in [0.2, 0.25) is 0 Å². The standard InChI is InChI=1S/C20H38O4.C18H33O3.2C18H35O2.4Li.3H2O/c1-23-19(21)17-15-13-11-9-7-5-3-4-6-8-10-12-14-16-18-20(22)24-2;19-17-15-13-11-9-7-5-3-1-2-4-6-8-10-12-14-16-18(20)21;2*1-2-3-4-12-15-18(20)16-13-10-8-6-5-7-9-11-14-17-19;;;;;;;/h3-18H2,1-2H3;1-16H2,(H,20,21);2*18,20H,2-16H2,1H3;;;;;3*1H2/q;3*-1;4*+1;;;/p-4/t;;2*18-;;;;;;;/m..00......./s1. The molecule has 0 fully saturated rings. The molecule has 14 nitrogen and oxygen atoms in total. The van der Waals surface area contributed by atoms with Crippen molar-refractivity contribution in [3.63, 3.8) is 0 Å². The van der Waals surface area contributed by atoms with Crippen molar-refractivity contribution in [3.05, 3.63) is 0 Å². The summed E-state index contributed by atoms with van der Waals surface area (Å²) in [5.74, 6) is -1.09. The SMILES string of the molecule is CCCCCC[C@H](O)CCCCCCCCCC[C-]=O.CCCCCC[C@H](O)CCCCCCCCCC[C-]=O.COC(=O)CCCCCCCCCCCCCCCCC(=O)OC.O=[C-]CCCCCCCCCCCCCCCCC(=O)[O-].[Li+].[Li+].[Li+].[Li+].[OH-].[OH-].[OH-]. The minimum absolute atomic E-state index is 0. The number of hydrogen-bond acceptors (Lipinski definition) is 14. The van der Waals surface area contributed by atoms with E-state index >= 15 is 0 Å². The van der Waals surface area contributed by atoms with Crippen molar-refractivity contribution in [2.24, 2.45) is 0 Å². The van der Waals surface area contributed by atoms with Crippen molar-refractivity contribution in [1.29, 1.82) is 0 Å². The summed E-state index contributed by atoms with van der Waals surface area (Å²) in [7, 11) is 2.90. The third-order valence-electron chi connectivity index (χ3n) is 16.3. The molecule has 0 radical (unpaired) electrons. The molecule has 0 unspecified atom stereocenters. The minimum atomic E-state index is -0.919. The van der Waals surface area contributed by atoms with Crippen LogP contribution in [-0.2, 0) is 38.2 Å². The number of ether oxygens (including phenoxy) is 2. The summed E-state index contributed by atoms with van der Waals surface area (Å²) in [6, 6.07) is 0. The van der Waals surface area contributed by atoms with Crippen LogP contribution in [0.5, 0.6) is 0 Å². The zero-order valence-corrected chi connectivity index (χ0v) is 61.9. The summed E-state index contributed by atoms with van der Waals surface area (Å²) in [5.41, 5.74) is 0. The van der Waals surface area contributed by atoms with Gasteiger partial charge in [0.15, 0.2) is 0 Å². The number of aliphatic hydroxyl groups is 2. The number of esters is 2. The molecule has 530 valence electrons. The first kappa shape index (κ1) is 116. The van der Waals surface area contributed by atoms with E-state index in [9.17, 15) is 44.1 Å². The van der Waals surface area contributed by atoms with E-state index in [4.69, 9.17) is 0 Å². The van der Waals surface area contributed by atoms with Crippen molar-refractivity contribution in [1.82, 2.24) is 0 Å². The predicted octanol–water partition coefficient (Wildman–Crippen LogP) is 7.80. The zero-order chi connectivity index (χ0) is 63.3. The molecule has 5 N–H and O–H groups in total. The number of carbonyl (C=O) groups is 3. The van der Waals surface area contributed by atoms with Gasteiger partial charge in [0.05, 0.1) is 26.4 Å². The number of carboxylic acid groups (broad SMARTS) is 1. The van der Waals surface area contributed by atoms with E-state index < -0.39 is 5.97 Å². The van der Waals surface area contributed by atoms with Crippen LogP contribution >= 0.6 is 0 Å². The first-order valence-electron chi connectivity index (χ1n) is 36.3. The van der Waals surface area contributed by atoms with E-state index in [0.717, 1.165) is 89.9 Å². The van der Waals surface area contributed by atoms with Crippen molar-refractivity contribution in [2.45, 2.75) is 424 Å². The molecular weight excluding hydrogens is 1140 g/mol. The molecule has 0 heterocycles. The van der Waals surface area contributed by atoms with Gasteiger partial charge in [-0.05, 0) is 51.4 Å². The van der Waals surface area contributed by atoms with Gasteiger partial charge in [-0.25, -0.2) is 0 Å². The summed E-state index contributed by atoms with van der Waals surface area (Å²) in [5, 5.41) is 29.9. The topological polar surface area (TPSA) is 274 Å². The van der Waals surface area contributed by atoms with Gasteiger partial charge in [0, 0.05) is 18.8 Å². The maximum absolute atomic E-state index is 10.9. The van der Waals surface area contributed by atoms with Crippen LogP contribution in [0.3, 0.4) is 0 Å². The molecule has 0 rings (SSSR count). The molecule has 0 aromatic carbocycles. The Morgan fingerprint density at radius 3 is 0.630 bits per heavy atom. The molecule has 0 aliphatic carbocycles. The number of methoxy groups -OCH3 is 2. The van der Waals surface area contributed by atoms with Crippen LogP contribution in [0.2, 0.25) is 0 Å². The first-order chi connectivity index (χ1) is 41.6. The van der Waals surface area contributed by atoms with Crippen LogP contribution in [0.15, 0.2) is 0 Å². The molecule has 0 aromatic rings. The fourth-order valence-electron chi connectivity index (χ4n) is 10.6. The number of carboxylic acids is 1. The van der Waals surface area contributed by atoms with Crippen LogP contribution in [0, 0.1) is 0 Å². The van der Waals surface area contributed by atoms with E-state index in [1.54, 1.807) is 0 Å². The second-order valence-corrected chi connectivity index (χ2v) is 24.6. The Morgan fingerprint density at radius 2 is 0.457 bits per heavy atom. The molecule has 0 aromatic heterocycles. The maximum atomic E-state index is 10.9. The Morgan fingerprint density at radius 1 is 0.293 bits per heavy atom. The van der Waals surface area contributed by atoms with Crippen molar-refractivity contribution in [3.8, 4) is 0 Å². The number of hydrogen-bond donors (Lipinski definition) is 2. The summed E-state index contributed by atoms with van der Waals surface area (Å²) in [6.45, 7) is 4.44. The average Bonchev–Trinajstić information content (AvgIpc) is 3.50. The molecule has 0 saturated carbocycles. The number of unbranched alkanes of at least 4 members (excludes halogenated alkanes) is 49. The van der Waals surface area contributed by atoms with Gasteiger partial charge in [-0.15, -0.1) is 0 Å². The molecule has 0 amide bonds. The number of rotatable bonds is 66. The summed E-state index contributed by atoms with van der Waals surface area (Å²) in [4.78, 5) is 62.2. The monoisotopic (exact) mass is 1280 g/mol. The smallest absolute Gasteiger partial charge is 0.870 e. The number of aliphatic hydroxyl groups excluding tert-OH is 2. The summed E-state index contributed by atoms with van der Waals surface area (Å²) < 4.78 is 9.25. The molecular formula is C74H143Li4O14-3. The van der Waals surface area contributed by atoms with Crippen molar-refractivity contribution in [2.75, 3.05) is 14.2 Å². The van der Waals surface area contributed by atoms with Crippen LogP contribution in [0.4, 0.5) is 0 Å². The quantitative estimate of drug-likeness (QED) is 0.0255. The van der Waals surface area contributed by atoms with E-state index in [1.807, 2.05) is 18.9 Å². The molecule has 0 spiro atoms.